The van der Waals surface area contributed by atoms with Crippen molar-refractivity contribution in [1.29, 1.82) is 0 Å². The zero-order valence-electron chi connectivity index (χ0n) is 36.9. The van der Waals surface area contributed by atoms with Gasteiger partial charge in [0.25, 0.3) is 5.91 Å². The molecule has 2 atom stereocenters. The maximum absolute atomic E-state index is 16.9. The SMILES string of the molecule is CN(C)C(=O)c1cc(-c2ccc(N3CCN(CCc4cccc5c4n(C)c(=O)n5C4CCC(=O)NC4=O)CC3)cc2)c2c(c1)c(F)c([C@@H]1CCCN(C(=O)CCn3cccn3)C1)n2C. The molecule has 3 aromatic carbocycles. The summed E-state index contributed by atoms with van der Waals surface area (Å²) in [6.07, 6.45) is 6.61. The van der Waals surface area contributed by atoms with E-state index < -0.39 is 11.9 Å². The number of para-hydroxylation sites is 1. The highest BCUT2D eigenvalue weighted by Gasteiger charge is 2.33. The number of carbonyl (C=O) groups excluding carboxylic acids is 4. The average Bonchev–Trinajstić information content (AvgIpc) is 3.99. The first-order chi connectivity index (χ1) is 30.9. The Bertz CT molecular complexity index is 2810. The third kappa shape index (κ3) is 7.99. The zero-order valence-corrected chi connectivity index (χ0v) is 36.9. The molecule has 64 heavy (non-hydrogen) atoms. The zero-order chi connectivity index (χ0) is 44.8. The number of aryl methyl sites for hydroxylation is 3. The number of nitrogens with one attached hydrogen (secondary N) is 1. The predicted octanol–water partition coefficient (Wildman–Crippen LogP) is 4.67. The van der Waals surface area contributed by atoms with E-state index in [1.165, 1.54) is 9.47 Å². The average molecular weight is 871 g/mol. The van der Waals surface area contributed by atoms with Crippen LogP contribution in [0, 0.1) is 5.82 Å². The topological polar surface area (TPSA) is 143 Å². The van der Waals surface area contributed by atoms with Gasteiger partial charge in [-0.15, -0.1) is 0 Å². The van der Waals surface area contributed by atoms with Gasteiger partial charge >= 0.3 is 5.69 Å². The van der Waals surface area contributed by atoms with Gasteiger partial charge in [0.15, 0.2) is 5.82 Å². The lowest BCUT2D eigenvalue weighted by Crippen LogP contribution is -2.47. The van der Waals surface area contributed by atoms with E-state index in [4.69, 9.17) is 0 Å². The number of fused-ring (bicyclic) bond motifs is 2. The predicted molar refractivity (Wildman–Crippen MR) is 243 cm³/mol. The number of imidazole rings is 1. The van der Waals surface area contributed by atoms with Crippen LogP contribution >= 0.6 is 0 Å². The number of rotatable bonds is 11. The van der Waals surface area contributed by atoms with Crippen molar-refractivity contribution in [3.8, 4) is 11.1 Å². The van der Waals surface area contributed by atoms with Crippen LogP contribution in [0.4, 0.5) is 10.1 Å². The lowest BCUT2D eigenvalue weighted by Gasteiger charge is -2.36. The summed E-state index contributed by atoms with van der Waals surface area (Å²) in [5.41, 5.74) is 6.68. The van der Waals surface area contributed by atoms with Crippen molar-refractivity contribution >= 4 is 51.3 Å². The number of piperidine rings is 2. The fraction of sp³-hybridized carbons (Fsp3) is 0.417. The smallest absolute Gasteiger partial charge is 0.329 e. The fourth-order valence-corrected chi connectivity index (χ4v) is 10.2. The Hall–Kier alpha value is -6.55. The molecule has 1 unspecified atom stereocenters. The molecule has 6 heterocycles. The van der Waals surface area contributed by atoms with Gasteiger partial charge < -0.3 is 19.3 Å². The van der Waals surface area contributed by atoms with Gasteiger partial charge in [-0.2, -0.15) is 5.10 Å². The molecule has 9 rings (SSSR count). The van der Waals surface area contributed by atoms with E-state index in [-0.39, 0.29) is 41.6 Å². The molecule has 3 saturated heterocycles. The molecule has 4 amide bonds. The summed E-state index contributed by atoms with van der Waals surface area (Å²) < 4.78 is 23.7. The van der Waals surface area contributed by atoms with E-state index in [1.54, 1.807) is 42.7 Å². The van der Waals surface area contributed by atoms with Crippen molar-refractivity contribution in [3.63, 3.8) is 0 Å². The summed E-state index contributed by atoms with van der Waals surface area (Å²) >= 11 is 0. The number of hydrogen-bond donors (Lipinski definition) is 1. The number of halogens is 1. The third-order valence-corrected chi connectivity index (χ3v) is 13.5. The number of imide groups is 1. The van der Waals surface area contributed by atoms with Crippen LogP contribution in [0.25, 0.3) is 33.1 Å². The van der Waals surface area contributed by atoms with Crippen molar-refractivity contribution in [3.05, 3.63) is 106 Å². The lowest BCUT2D eigenvalue weighted by molar-refractivity contribution is -0.136. The Balaban J connectivity index is 0.902. The number of benzene rings is 3. The Morgan fingerprint density at radius 3 is 2.39 bits per heavy atom. The molecule has 3 aliphatic rings. The second kappa shape index (κ2) is 17.5. The molecule has 0 bridgehead atoms. The molecule has 1 N–H and O–H groups in total. The summed E-state index contributed by atoms with van der Waals surface area (Å²) in [6.45, 7) is 5.71. The van der Waals surface area contributed by atoms with Crippen molar-refractivity contribution in [1.82, 2.24) is 43.5 Å². The second-order valence-corrected chi connectivity index (χ2v) is 17.7. The maximum Gasteiger partial charge on any atom is 0.329 e. The number of hydrogen-bond acceptors (Lipinski definition) is 8. The highest BCUT2D eigenvalue weighted by molar-refractivity contribution is 6.04. The van der Waals surface area contributed by atoms with Gasteiger partial charge in [-0.1, -0.05) is 24.3 Å². The van der Waals surface area contributed by atoms with Gasteiger partial charge in [0.1, 0.15) is 6.04 Å². The number of piperazine rings is 1. The molecule has 3 aliphatic heterocycles. The van der Waals surface area contributed by atoms with Crippen LogP contribution < -0.4 is 15.9 Å². The molecule has 0 saturated carbocycles. The summed E-state index contributed by atoms with van der Waals surface area (Å²) in [4.78, 5) is 72.8. The summed E-state index contributed by atoms with van der Waals surface area (Å²) in [5.74, 6) is -1.47. The number of likely N-dealkylation sites (tertiary alicyclic amines) is 1. The molecule has 0 aliphatic carbocycles. The quantitative estimate of drug-likeness (QED) is 0.185. The van der Waals surface area contributed by atoms with Crippen LogP contribution in [0.3, 0.4) is 0 Å². The third-order valence-electron chi connectivity index (χ3n) is 13.5. The first-order valence-corrected chi connectivity index (χ1v) is 22.3. The van der Waals surface area contributed by atoms with Crippen LogP contribution in [0.2, 0.25) is 0 Å². The Morgan fingerprint density at radius 1 is 0.891 bits per heavy atom. The van der Waals surface area contributed by atoms with Crippen molar-refractivity contribution in [2.45, 2.75) is 57.0 Å². The van der Waals surface area contributed by atoms with Gasteiger partial charge in [0, 0.05) is 134 Å². The molecule has 6 aromatic rings. The minimum absolute atomic E-state index is 0.0314. The Kier molecular flexibility index (Phi) is 11.7. The normalized spacial score (nSPS) is 18.6. The van der Waals surface area contributed by atoms with E-state index >= 15 is 4.39 Å². The highest BCUT2D eigenvalue weighted by Crippen LogP contribution is 2.40. The minimum Gasteiger partial charge on any atom is -0.369 e. The first-order valence-electron chi connectivity index (χ1n) is 22.3. The summed E-state index contributed by atoms with van der Waals surface area (Å²) in [7, 11) is 7.02. The molecule has 0 spiro atoms. The van der Waals surface area contributed by atoms with E-state index in [9.17, 15) is 24.0 Å². The van der Waals surface area contributed by atoms with Crippen LogP contribution in [0.15, 0.2) is 77.9 Å². The second-order valence-electron chi connectivity index (χ2n) is 17.7. The van der Waals surface area contributed by atoms with E-state index in [0.717, 1.165) is 85.4 Å². The number of nitrogens with zero attached hydrogens (tertiary/aromatic N) is 9. The maximum atomic E-state index is 16.9. The number of aromatic nitrogens is 5. The molecule has 3 aromatic heterocycles. The van der Waals surface area contributed by atoms with Gasteiger partial charge in [-0.3, -0.25) is 43.2 Å². The summed E-state index contributed by atoms with van der Waals surface area (Å²) in [5, 5.41) is 7.00. The fourth-order valence-electron chi connectivity index (χ4n) is 10.2. The van der Waals surface area contributed by atoms with Gasteiger partial charge in [0.05, 0.1) is 22.2 Å². The molecule has 0 radical (unpaired) electrons. The van der Waals surface area contributed by atoms with Crippen molar-refractivity contribution in [2.75, 3.05) is 64.8 Å². The molecule has 15 nitrogen and oxygen atoms in total. The van der Waals surface area contributed by atoms with Gasteiger partial charge in [-0.05, 0) is 73.2 Å². The van der Waals surface area contributed by atoms with E-state index in [0.29, 0.717) is 54.6 Å². The van der Waals surface area contributed by atoms with Crippen LogP contribution in [0.5, 0.6) is 0 Å². The van der Waals surface area contributed by atoms with E-state index in [2.05, 4.69) is 44.5 Å². The number of carbonyl (C=O) groups is 4. The largest absolute Gasteiger partial charge is 0.369 e. The molecular weight excluding hydrogens is 816 g/mol. The number of anilines is 1. The van der Waals surface area contributed by atoms with Crippen molar-refractivity contribution in [2.24, 2.45) is 14.1 Å². The van der Waals surface area contributed by atoms with Crippen LogP contribution in [-0.2, 0) is 41.4 Å². The lowest BCUT2D eigenvalue weighted by atomic mass is 9.93. The highest BCUT2D eigenvalue weighted by atomic mass is 19.1. The van der Waals surface area contributed by atoms with Gasteiger partial charge in [-0.25, -0.2) is 9.18 Å². The minimum atomic E-state index is -0.722. The van der Waals surface area contributed by atoms with E-state index in [1.807, 2.05) is 53.0 Å². The standard InChI is InChI=1S/C48H55FN10O5/c1-52(2)47(63)34-28-36(45-37(29-34)42(49)44(53(45)3)33-9-6-20-57(30-33)41(61)18-23-58-21-7-19-50-58)31-11-13-35(14-12-31)56-26-24-55(25-27-56)22-17-32-8-5-10-38-43(32)54(4)48(64)59(38)39-15-16-40(60)51-46(39)62/h5,7-8,10-14,19,21,28-29,33,39H,6,9,15-18,20,22-27,30H2,1-4H3,(H,51,60,62)/t33-,39?/m1/s1. The Labute approximate surface area is 370 Å². The Morgan fingerprint density at radius 2 is 1.67 bits per heavy atom. The molecular formula is C48H55FN10O5. The summed E-state index contributed by atoms with van der Waals surface area (Å²) in [6, 6.07) is 18.8. The van der Waals surface area contributed by atoms with Crippen LogP contribution in [0.1, 0.15) is 65.7 Å². The number of amides is 4. The first kappa shape index (κ1) is 42.7. The van der Waals surface area contributed by atoms with Crippen molar-refractivity contribution < 1.29 is 23.6 Å². The monoisotopic (exact) mass is 870 g/mol. The molecule has 3 fully saturated rings. The molecule has 334 valence electrons. The molecule has 16 heteroatoms. The van der Waals surface area contributed by atoms with Gasteiger partial charge in [0.2, 0.25) is 17.7 Å². The van der Waals surface area contributed by atoms with Crippen LogP contribution in [-0.4, -0.2) is 122 Å².